The molecule has 0 aromatic rings. The van der Waals surface area contributed by atoms with Gasteiger partial charge in [0.15, 0.2) is 0 Å². The van der Waals surface area contributed by atoms with Gasteiger partial charge in [0.25, 0.3) is 7.82 Å². The van der Waals surface area contributed by atoms with E-state index in [1.165, 1.54) is 180 Å². The van der Waals surface area contributed by atoms with Crippen molar-refractivity contribution in [3.8, 4) is 0 Å². The maximum Gasteiger partial charge on any atom is 0.306 e. The zero-order valence-electron chi connectivity index (χ0n) is 54.4. The fourth-order valence-corrected chi connectivity index (χ4v) is 10.4. The first-order valence-electron chi connectivity index (χ1n) is 34.4. The van der Waals surface area contributed by atoms with Gasteiger partial charge < -0.3 is 28.5 Å². The first kappa shape index (κ1) is 79.2. The molecule has 82 heavy (non-hydrogen) atoms. The summed E-state index contributed by atoms with van der Waals surface area (Å²) >= 11 is 0. The number of nitrogens with one attached hydrogen (secondary N) is 1. The highest BCUT2D eigenvalue weighted by atomic mass is 31.2. The molecule has 0 aliphatic heterocycles. The molecule has 0 radical (unpaired) electrons. The summed E-state index contributed by atoms with van der Waals surface area (Å²) in [5.74, 6) is -0.549. The van der Waals surface area contributed by atoms with Crippen molar-refractivity contribution in [2.24, 2.45) is 0 Å². The van der Waals surface area contributed by atoms with Gasteiger partial charge in [-0.25, -0.2) is 0 Å². The summed E-state index contributed by atoms with van der Waals surface area (Å²) in [6, 6.07) is -0.898. The van der Waals surface area contributed by atoms with Crippen molar-refractivity contribution in [3.05, 3.63) is 85.1 Å². The number of carbonyl (C=O) groups excluding carboxylic acids is 2. The van der Waals surface area contributed by atoms with E-state index in [0.717, 1.165) is 96.3 Å². The number of hydrogen-bond donors (Lipinski definition) is 1. The number of hydrogen-bond acceptors (Lipinski definition) is 7. The number of nitrogens with zero attached hydrogens (tertiary/aromatic N) is 1. The topological polar surface area (TPSA) is 114 Å². The summed E-state index contributed by atoms with van der Waals surface area (Å²) in [5, 5.41) is 3.03. The van der Waals surface area contributed by atoms with Crippen molar-refractivity contribution in [3.63, 3.8) is 0 Å². The average Bonchev–Trinajstić information content (AvgIpc) is 3.44. The number of phosphoric ester groups is 1. The molecular formula is C72H131N2O7P. The van der Waals surface area contributed by atoms with Gasteiger partial charge in [0.1, 0.15) is 19.3 Å². The lowest BCUT2D eigenvalue weighted by Crippen LogP contribution is -2.47. The summed E-state index contributed by atoms with van der Waals surface area (Å²) in [5.41, 5.74) is 0. The third kappa shape index (κ3) is 61.7. The number of carbonyl (C=O) groups is 2. The Morgan fingerprint density at radius 3 is 1.13 bits per heavy atom. The van der Waals surface area contributed by atoms with Crippen LogP contribution < -0.4 is 10.2 Å². The third-order valence-corrected chi connectivity index (χ3v) is 16.0. The average molecular weight is 1170 g/mol. The molecule has 0 fully saturated rings. The first-order chi connectivity index (χ1) is 39.9. The Morgan fingerprint density at radius 1 is 0.427 bits per heavy atom. The Bertz CT molecular complexity index is 1680. The van der Waals surface area contributed by atoms with Gasteiger partial charge in [0.2, 0.25) is 5.91 Å². The van der Waals surface area contributed by atoms with E-state index in [1.807, 2.05) is 33.3 Å². The molecule has 0 bridgehead atoms. The van der Waals surface area contributed by atoms with Crippen LogP contribution in [0.4, 0.5) is 0 Å². The van der Waals surface area contributed by atoms with E-state index < -0.39 is 26.6 Å². The molecule has 0 spiro atoms. The van der Waals surface area contributed by atoms with Crippen LogP contribution in [0.1, 0.15) is 310 Å². The van der Waals surface area contributed by atoms with E-state index in [1.54, 1.807) is 0 Å². The molecule has 1 N–H and O–H groups in total. The fourth-order valence-electron chi connectivity index (χ4n) is 9.71. The molecule has 0 heterocycles. The fraction of sp³-hybridized carbons (Fsp3) is 0.778. The van der Waals surface area contributed by atoms with Gasteiger partial charge in [-0.2, -0.15) is 0 Å². The summed E-state index contributed by atoms with van der Waals surface area (Å²) in [4.78, 5) is 40.1. The second-order valence-corrected chi connectivity index (χ2v) is 25.7. The van der Waals surface area contributed by atoms with Crippen LogP contribution in [0.3, 0.4) is 0 Å². The van der Waals surface area contributed by atoms with Crippen molar-refractivity contribution < 1.29 is 37.3 Å². The molecule has 476 valence electrons. The predicted molar refractivity (Wildman–Crippen MR) is 353 cm³/mol. The van der Waals surface area contributed by atoms with Crippen LogP contribution in [0.25, 0.3) is 0 Å². The van der Waals surface area contributed by atoms with Crippen molar-refractivity contribution in [2.45, 2.75) is 322 Å². The molecule has 0 aromatic heterocycles. The molecule has 0 aliphatic carbocycles. The molecule has 0 aromatic carbocycles. The highest BCUT2D eigenvalue weighted by Gasteiger charge is 2.27. The molecule has 0 saturated carbocycles. The van der Waals surface area contributed by atoms with Crippen molar-refractivity contribution in [2.75, 3.05) is 40.9 Å². The minimum Gasteiger partial charge on any atom is -0.756 e. The van der Waals surface area contributed by atoms with E-state index in [9.17, 15) is 19.0 Å². The first-order valence-corrected chi connectivity index (χ1v) is 35.9. The third-order valence-electron chi connectivity index (χ3n) is 15.0. The van der Waals surface area contributed by atoms with E-state index in [2.05, 4.69) is 99.0 Å². The van der Waals surface area contributed by atoms with E-state index in [4.69, 9.17) is 13.8 Å². The number of likely N-dealkylation sites (N-methyl/N-ethyl adjacent to an activating group) is 1. The highest BCUT2D eigenvalue weighted by Crippen LogP contribution is 2.38. The van der Waals surface area contributed by atoms with Gasteiger partial charge in [0, 0.05) is 12.8 Å². The lowest BCUT2D eigenvalue weighted by atomic mass is 10.0. The Kier molecular flexibility index (Phi) is 59.2. The van der Waals surface area contributed by atoms with Crippen LogP contribution >= 0.6 is 7.82 Å². The molecule has 9 nitrogen and oxygen atoms in total. The Balaban J connectivity index is 5.08. The van der Waals surface area contributed by atoms with Crippen LogP contribution in [-0.2, 0) is 27.9 Å². The van der Waals surface area contributed by atoms with Gasteiger partial charge in [-0.3, -0.25) is 14.2 Å². The van der Waals surface area contributed by atoms with Crippen LogP contribution in [0, 0.1) is 0 Å². The van der Waals surface area contributed by atoms with Gasteiger partial charge in [-0.1, -0.05) is 273 Å². The molecule has 1 amide bonds. The number of rotatable bonds is 62. The molecule has 10 heteroatoms. The van der Waals surface area contributed by atoms with E-state index in [0.29, 0.717) is 17.4 Å². The van der Waals surface area contributed by atoms with Gasteiger partial charge in [-0.05, 0) is 109 Å². The molecule has 3 unspecified atom stereocenters. The van der Waals surface area contributed by atoms with Crippen LogP contribution in [0.2, 0.25) is 0 Å². The summed E-state index contributed by atoms with van der Waals surface area (Å²) in [6.45, 7) is 6.80. The minimum absolute atomic E-state index is 0.0269. The highest BCUT2D eigenvalue weighted by molar-refractivity contribution is 7.45. The molecule has 0 rings (SSSR count). The number of esters is 1. The molecule has 0 saturated heterocycles. The number of ether oxygens (including phenoxy) is 1. The lowest BCUT2D eigenvalue weighted by Gasteiger charge is -2.30. The number of unbranched alkanes of at least 4 members (excludes halogenated alkanes) is 34. The Labute approximate surface area is 507 Å². The van der Waals surface area contributed by atoms with E-state index >= 15 is 0 Å². The van der Waals surface area contributed by atoms with Gasteiger partial charge in [0.05, 0.1) is 33.8 Å². The van der Waals surface area contributed by atoms with E-state index in [-0.39, 0.29) is 24.9 Å². The SMILES string of the molecule is CCCCC/C=C\C/C=C\C/C=C\C/C=C\CCCCCCCCCCCCCC(=O)OC(/C=C\CCCCCCCCCCCC)C(COP(=O)([O-])OCC[N+](C)(C)C)NC(=O)CCCCCCCCC/C=C\C/C=C\CCCCC. The maximum absolute atomic E-state index is 13.6. The van der Waals surface area contributed by atoms with Crippen molar-refractivity contribution in [1.29, 1.82) is 0 Å². The summed E-state index contributed by atoms with van der Waals surface area (Å²) < 4.78 is 30.4. The number of phosphoric acid groups is 1. The minimum atomic E-state index is -4.71. The van der Waals surface area contributed by atoms with Gasteiger partial charge in [-0.15, -0.1) is 0 Å². The van der Waals surface area contributed by atoms with Crippen LogP contribution in [0.5, 0.6) is 0 Å². The summed E-state index contributed by atoms with van der Waals surface area (Å²) in [7, 11) is 1.18. The smallest absolute Gasteiger partial charge is 0.306 e. The standard InChI is InChI=1S/C72H131N2O7P/c1-7-10-13-16-19-22-25-28-30-32-33-34-35-36-37-38-39-40-41-43-45-47-50-53-56-59-62-65-72(76)81-70(63-60-57-54-51-48-27-24-21-18-15-12-9-3)69(68-80-82(77,78)79-67-66-74(4,5)6)73-71(75)64-61-58-55-52-49-46-44-42-31-29-26-23-20-17-14-11-8-2/h19-20,22-23,28-31,33-34,36-37,60,63,69-70H,7-18,21,24-27,32,35,38-59,61-62,64-68H2,1-6H3,(H-,73,75,77,78)/b22-19-,23-20-,30-28-,31-29-,34-33-,37-36-,63-60-. The number of quaternary nitrogens is 1. The van der Waals surface area contributed by atoms with Gasteiger partial charge >= 0.3 is 5.97 Å². The van der Waals surface area contributed by atoms with Crippen LogP contribution in [0.15, 0.2) is 85.1 Å². The van der Waals surface area contributed by atoms with Crippen molar-refractivity contribution in [1.82, 2.24) is 5.32 Å². The molecule has 0 aliphatic rings. The summed E-state index contributed by atoms with van der Waals surface area (Å²) in [6.07, 6.45) is 81.2. The molecular weight excluding hydrogens is 1040 g/mol. The largest absolute Gasteiger partial charge is 0.756 e. The maximum atomic E-state index is 13.6. The Morgan fingerprint density at radius 2 is 0.744 bits per heavy atom. The normalized spacial score (nSPS) is 14.1. The lowest BCUT2D eigenvalue weighted by molar-refractivity contribution is -0.870. The zero-order valence-corrected chi connectivity index (χ0v) is 55.3. The molecule has 3 atom stereocenters. The second-order valence-electron chi connectivity index (χ2n) is 24.3. The predicted octanol–water partition coefficient (Wildman–Crippen LogP) is 21.1. The zero-order chi connectivity index (χ0) is 60.0. The Hall–Kier alpha value is -2.81. The monoisotopic (exact) mass is 1170 g/mol. The quantitative estimate of drug-likeness (QED) is 0.0212. The number of allylic oxidation sites excluding steroid dienone is 13. The van der Waals surface area contributed by atoms with Crippen molar-refractivity contribution >= 4 is 19.7 Å². The number of amides is 1. The van der Waals surface area contributed by atoms with Crippen LogP contribution in [-0.4, -0.2) is 69.4 Å². The second kappa shape index (κ2) is 61.3.